The first-order valence-electron chi connectivity index (χ1n) is 7.56. The number of nitrogens with one attached hydrogen (secondary N) is 2. The minimum absolute atomic E-state index is 0.0282. The first kappa shape index (κ1) is 18.0. The zero-order valence-corrected chi connectivity index (χ0v) is 13.4. The normalized spacial score (nSPS) is 14.0. The lowest BCUT2D eigenvalue weighted by molar-refractivity contribution is -0.137. The molecular formula is C18H19F3N2O. The number of hydrogen-bond acceptors (Lipinski definition) is 2. The molecule has 0 unspecified atom stereocenters. The second kappa shape index (κ2) is 7.49. The standard InChI is InChI=1S/C18H19F3N2O/c1-12(14-6-4-3-5-7-14)22-13(2)17(24)23-16-10-8-15(9-11-16)18(19,20)21/h3-13,22H,1-2H3,(H,23,24)/t12-,13-/m1/s1. The van der Waals surface area contributed by atoms with Crippen LogP contribution in [0.25, 0.3) is 0 Å². The van der Waals surface area contributed by atoms with E-state index < -0.39 is 17.8 Å². The van der Waals surface area contributed by atoms with Crippen molar-refractivity contribution in [2.75, 3.05) is 5.32 Å². The Morgan fingerprint density at radius 1 is 0.958 bits per heavy atom. The molecule has 2 aromatic carbocycles. The van der Waals surface area contributed by atoms with Crippen molar-refractivity contribution in [2.24, 2.45) is 0 Å². The van der Waals surface area contributed by atoms with Crippen LogP contribution >= 0.6 is 0 Å². The Morgan fingerprint density at radius 2 is 1.54 bits per heavy atom. The number of carbonyl (C=O) groups is 1. The Labute approximate surface area is 138 Å². The molecule has 0 heterocycles. The van der Waals surface area contributed by atoms with Crippen LogP contribution in [0.1, 0.15) is 31.0 Å². The molecule has 2 aromatic rings. The van der Waals surface area contributed by atoms with Crippen molar-refractivity contribution in [2.45, 2.75) is 32.1 Å². The number of halogens is 3. The molecule has 1 amide bonds. The summed E-state index contributed by atoms with van der Waals surface area (Å²) in [6, 6.07) is 13.5. The number of amides is 1. The monoisotopic (exact) mass is 336 g/mol. The zero-order valence-electron chi connectivity index (χ0n) is 13.4. The number of rotatable bonds is 5. The highest BCUT2D eigenvalue weighted by molar-refractivity contribution is 5.94. The SMILES string of the molecule is C[C@@H](N[C@H](C)c1ccccc1)C(=O)Nc1ccc(C(F)(F)F)cc1. The molecule has 0 radical (unpaired) electrons. The van der Waals surface area contributed by atoms with Crippen LogP contribution in [0.2, 0.25) is 0 Å². The van der Waals surface area contributed by atoms with E-state index in [0.29, 0.717) is 5.69 Å². The van der Waals surface area contributed by atoms with Gasteiger partial charge in [0.25, 0.3) is 0 Å². The molecule has 0 bridgehead atoms. The van der Waals surface area contributed by atoms with E-state index in [1.807, 2.05) is 37.3 Å². The molecule has 24 heavy (non-hydrogen) atoms. The van der Waals surface area contributed by atoms with E-state index in [-0.39, 0.29) is 11.9 Å². The lowest BCUT2D eigenvalue weighted by Crippen LogP contribution is -2.39. The predicted octanol–water partition coefficient (Wildman–Crippen LogP) is 4.38. The predicted molar refractivity (Wildman–Crippen MR) is 87.5 cm³/mol. The molecule has 0 aliphatic heterocycles. The van der Waals surface area contributed by atoms with Crippen LogP contribution in [0.4, 0.5) is 18.9 Å². The Kier molecular flexibility index (Phi) is 5.62. The number of hydrogen-bond donors (Lipinski definition) is 2. The van der Waals surface area contributed by atoms with Gasteiger partial charge in [-0.05, 0) is 43.7 Å². The summed E-state index contributed by atoms with van der Waals surface area (Å²) >= 11 is 0. The third-order valence-electron chi connectivity index (χ3n) is 3.67. The molecule has 2 atom stereocenters. The van der Waals surface area contributed by atoms with Crippen LogP contribution in [-0.4, -0.2) is 11.9 Å². The first-order chi connectivity index (χ1) is 11.3. The van der Waals surface area contributed by atoms with Gasteiger partial charge in [-0.3, -0.25) is 10.1 Å². The molecule has 2 N–H and O–H groups in total. The average molecular weight is 336 g/mol. The van der Waals surface area contributed by atoms with Crippen LogP contribution in [0.15, 0.2) is 54.6 Å². The molecular weight excluding hydrogens is 317 g/mol. The van der Waals surface area contributed by atoms with Crippen molar-refractivity contribution in [1.29, 1.82) is 0 Å². The van der Waals surface area contributed by atoms with Gasteiger partial charge in [-0.1, -0.05) is 30.3 Å². The summed E-state index contributed by atoms with van der Waals surface area (Å²) in [5, 5.41) is 5.77. The summed E-state index contributed by atoms with van der Waals surface area (Å²) < 4.78 is 37.6. The maximum atomic E-state index is 12.5. The second-order valence-electron chi connectivity index (χ2n) is 5.59. The van der Waals surface area contributed by atoms with Gasteiger partial charge in [0.05, 0.1) is 11.6 Å². The molecule has 0 saturated carbocycles. The van der Waals surface area contributed by atoms with Crippen molar-refractivity contribution in [1.82, 2.24) is 5.32 Å². The van der Waals surface area contributed by atoms with Gasteiger partial charge < -0.3 is 5.32 Å². The van der Waals surface area contributed by atoms with E-state index in [1.54, 1.807) is 6.92 Å². The minimum Gasteiger partial charge on any atom is -0.325 e. The highest BCUT2D eigenvalue weighted by atomic mass is 19.4. The Balaban J connectivity index is 1.94. The van der Waals surface area contributed by atoms with Gasteiger partial charge in [0.15, 0.2) is 0 Å². The maximum Gasteiger partial charge on any atom is 0.416 e. The van der Waals surface area contributed by atoms with Gasteiger partial charge >= 0.3 is 6.18 Å². The summed E-state index contributed by atoms with van der Waals surface area (Å²) in [5.41, 5.74) is 0.630. The van der Waals surface area contributed by atoms with Crippen LogP contribution in [0, 0.1) is 0 Å². The van der Waals surface area contributed by atoms with E-state index in [2.05, 4.69) is 10.6 Å². The van der Waals surface area contributed by atoms with Crippen molar-refractivity contribution in [3.8, 4) is 0 Å². The van der Waals surface area contributed by atoms with E-state index in [1.165, 1.54) is 12.1 Å². The lowest BCUT2D eigenvalue weighted by atomic mass is 10.1. The highest BCUT2D eigenvalue weighted by Crippen LogP contribution is 2.29. The number of anilines is 1. The van der Waals surface area contributed by atoms with Crippen molar-refractivity contribution in [3.05, 3.63) is 65.7 Å². The second-order valence-corrected chi connectivity index (χ2v) is 5.59. The van der Waals surface area contributed by atoms with Crippen LogP contribution in [0.5, 0.6) is 0 Å². The Hall–Kier alpha value is -2.34. The van der Waals surface area contributed by atoms with E-state index >= 15 is 0 Å². The van der Waals surface area contributed by atoms with Crippen LogP contribution in [0.3, 0.4) is 0 Å². The lowest BCUT2D eigenvalue weighted by Gasteiger charge is -2.20. The van der Waals surface area contributed by atoms with Gasteiger partial charge in [0, 0.05) is 11.7 Å². The van der Waals surface area contributed by atoms with Gasteiger partial charge in [0.1, 0.15) is 0 Å². The van der Waals surface area contributed by atoms with Gasteiger partial charge in [-0.25, -0.2) is 0 Å². The van der Waals surface area contributed by atoms with Gasteiger partial charge in [-0.2, -0.15) is 13.2 Å². The van der Waals surface area contributed by atoms with Crippen molar-refractivity contribution < 1.29 is 18.0 Å². The molecule has 0 saturated heterocycles. The summed E-state index contributed by atoms with van der Waals surface area (Å²) in [5.74, 6) is -0.308. The van der Waals surface area contributed by atoms with Crippen molar-refractivity contribution >= 4 is 11.6 Å². The van der Waals surface area contributed by atoms with E-state index in [4.69, 9.17) is 0 Å². The molecule has 2 rings (SSSR count). The number of carbonyl (C=O) groups excluding carboxylic acids is 1. The Morgan fingerprint density at radius 3 is 2.08 bits per heavy atom. The molecule has 6 heteroatoms. The Bertz CT molecular complexity index is 669. The number of alkyl halides is 3. The third-order valence-corrected chi connectivity index (χ3v) is 3.67. The third kappa shape index (κ3) is 4.83. The van der Waals surface area contributed by atoms with E-state index in [0.717, 1.165) is 17.7 Å². The maximum absolute atomic E-state index is 12.5. The average Bonchev–Trinajstić information content (AvgIpc) is 2.55. The smallest absolute Gasteiger partial charge is 0.325 e. The minimum atomic E-state index is -4.39. The highest BCUT2D eigenvalue weighted by Gasteiger charge is 2.30. The molecule has 0 spiro atoms. The van der Waals surface area contributed by atoms with Gasteiger partial charge in [0.2, 0.25) is 5.91 Å². The fourth-order valence-electron chi connectivity index (χ4n) is 2.28. The largest absolute Gasteiger partial charge is 0.416 e. The van der Waals surface area contributed by atoms with Crippen LogP contribution in [-0.2, 0) is 11.0 Å². The van der Waals surface area contributed by atoms with E-state index in [9.17, 15) is 18.0 Å². The molecule has 0 aliphatic rings. The first-order valence-corrected chi connectivity index (χ1v) is 7.56. The summed E-state index contributed by atoms with van der Waals surface area (Å²) in [6.07, 6.45) is -4.39. The fraction of sp³-hybridized carbons (Fsp3) is 0.278. The molecule has 0 fully saturated rings. The summed E-state index contributed by atoms with van der Waals surface area (Å²) in [7, 11) is 0. The van der Waals surface area contributed by atoms with Crippen molar-refractivity contribution in [3.63, 3.8) is 0 Å². The van der Waals surface area contributed by atoms with Gasteiger partial charge in [-0.15, -0.1) is 0 Å². The quantitative estimate of drug-likeness (QED) is 0.850. The van der Waals surface area contributed by atoms with Crippen LogP contribution < -0.4 is 10.6 Å². The molecule has 0 aliphatic carbocycles. The molecule has 3 nitrogen and oxygen atoms in total. The topological polar surface area (TPSA) is 41.1 Å². The molecule has 128 valence electrons. The fourth-order valence-corrected chi connectivity index (χ4v) is 2.28. The summed E-state index contributed by atoms with van der Waals surface area (Å²) in [6.45, 7) is 3.65. The zero-order chi connectivity index (χ0) is 17.7. The molecule has 0 aromatic heterocycles. The summed E-state index contributed by atoms with van der Waals surface area (Å²) in [4.78, 5) is 12.2. The number of benzene rings is 2.